The molecule has 1 heterocycles. The Labute approximate surface area is 186 Å². The molecule has 7 heteroatoms. The molecule has 0 aromatic heterocycles. The van der Waals surface area contributed by atoms with Crippen molar-refractivity contribution in [3.63, 3.8) is 0 Å². The highest BCUT2D eigenvalue weighted by molar-refractivity contribution is 5.74. The van der Waals surface area contributed by atoms with Crippen LogP contribution in [0.5, 0.6) is 11.5 Å². The van der Waals surface area contributed by atoms with E-state index in [2.05, 4.69) is 10.2 Å². The molecule has 0 amide bonds. The van der Waals surface area contributed by atoms with Crippen molar-refractivity contribution in [1.82, 2.24) is 0 Å². The minimum Gasteiger partial charge on any atom is -0.465 e. The number of nitrogens with zero attached hydrogens (tertiary/aromatic N) is 1. The summed E-state index contributed by atoms with van der Waals surface area (Å²) in [5.74, 6) is 0.920. The van der Waals surface area contributed by atoms with Crippen molar-refractivity contribution in [2.45, 2.75) is 20.0 Å². The number of hydrogen-bond donors (Lipinski definition) is 1. The molecule has 0 fully saturated rings. The number of fused-ring (bicyclic) bond motifs is 1. The fourth-order valence-corrected chi connectivity index (χ4v) is 3.48. The molecular formula is C25H25FN2O4. The SMILES string of the molecule is CCOC(=O)CNc1ccc(CN(Cc2ccc3c(c2)OCO3)c2ccc(F)cc2)cc1. The lowest BCUT2D eigenvalue weighted by molar-refractivity contribution is -0.140. The van der Waals surface area contributed by atoms with Gasteiger partial charge in [0.1, 0.15) is 12.4 Å². The zero-order chi connectivity index (χ0) is 22.3. The van der Waals surface area contributed by atoms with Gasteiger partial charge >= 0.3 is 5.97 Å². The number of esters is 1. The van der Waals surface area contributed by atoms with E-state index in [-0.39, 0.29) is 25.1 Å². The van der Waals surface area contributed by atoms with Gasteiger partial charge in [-0.3, -0.25) is 4.79 Å². The Morgan fingerprint density at radius 3 is 2.41 bits per heavy atom. The van der Waals surface area contributed by atoms with Gasteiger partial charge in [0, 0.05) is 24.5 Å². The molecule has 1 aliphatic heterocycles. The fraction of sp³-hybridized carbons (Fsp3) is 0.240. The van der Waals surface area contributed by atoms with E-state index in [4.69, 9.17) is 14.2 Å². The van der Waals surface area contributed by atoms with Crippen LogP contribution in [0, 0.1) is 5.82 Å². The van der Waals surface area contributed by atoms with Gasteiger partial charge in [0.05, 0.1) is 6.61 Å². The maximum Gasteiger partial charge on any atom is 0.325 e. The Balaban J connectivity index is 1.48. The number of benzene rings is 3. The summed E-state index contributed by atoms with van der Waals surface area (Å²) in [7, 11) is 0. The lowest BCUT2D eigenvalue weighted by atomic mass is 10.1. The largest absolute Gasteiger partial charge is 0.465 e. The molecule has 0 spiro atoms. The first-order valence-electron chi connectivity index (χ1n) is 10.5. The first kappa shape index (κ1) is 21.5. The highest BCUT2D eigenvalue weighted by Crippen LogP contribution is 2.33. The number of halogens is 1. The topological polar surface area (TPSA) is 60.0 Å². The minimum atomic E-state index is -0.289. The third kappa shape index (κ3) is 5.49. The van der Waals surface area contributed by atoms with E-state index in [1.54, 1.807) is 19.1 Å². The van der Waals surface area contributed by atoms with Crippen LogP contribution in [-0.4, -0.2) is 25.9 Å². The molecule has 1 aliphatic rings. The summed E-state index contributed by atoms with van der Waals surface area (Å²) in [6.45, 7) is 3.74. The minimum absolute atomic E-state index is 0.124. The summed E-state index contributed by atoms with van der Waals surface area (Å²) < 4.78 is 29.3. The zero-order valence-electron chi connectivity index (χ0n) is 17.8. The van der Waals surface area contributed by atoms with Crippen molar-refractivity contribution >= 4 is 17.3 Å². The highest BCUT2D eigenvalue weighted by atomic mass is 19.1. The molecule has 32 heavy (non-hydrogen) atoms. The number of nitrogens with one attached hydrogen (secondary N) is 1. The monoisotopic (exact) mass is 436 g/mol. The molecule has 3 aromatic rings. The van der Waals surface area contributed by atoms with Crippen LogP contribution in [-0.2, 0) is 22.6 Å². The maximum absolute atomic E-state index is 13.5. The number of carbonyl (C=O) groups is 1. The second kappa shape index (κ2) is 10.0. The first-order chi connectivity index (χ1) is 15.6. The molecule has 0 atom stereocenters. The predicted molar refractivity (Wildman–Crippen MR) is 120 cm³/mol. The molecule has 1 N–H and O–H groups in total. The molecule has 0 unspecified atom stereocenters. The van der Waals surface area contributed by atoms with Crippen molar-refractivity contribution in [1.29, 1.82) is 0 Å². The quantitative estimate of drug-likeness (QED) is 0.489. The summed E-state index contributed by atoms with van der Waals surface area (Å²) in [5.41, 5.74) is 3.89. The van der Waals surface area contributed by atoms with Crippen molar-refractivity contribution in [3.8, 4) is 11.5 Å². The van der Waals surface area contributed by atoms with E-state index in [0.29, 0.717) is 19.7 Å². The Morgan fingerprint density at radius 1 is 0.969 bits per heavy atom. The third-order valence-corrected chi connectivity index (χ3v) is 5.07. The van der Waals surface area contributed by atoms with Gasteiger partial charge in [0.2, 0.25) is 6.79 Å². The van der Waals surface area contributed by atoms with Gasteiger partial charge in [0.15, 0.2) is 11.5 Å². The smallest absolute Gasteiger partial charge is 0.325 e. The van der Waals surface area contributed by atoms with Gasteiger partial charge < -0.3 is 24.4 Å². The lowest BCUT2D eigenvalue weighted by Gasteiger charge is -2.25. The number of hydrogen-bond acceptors (Lipinski definition) is 6. The summed E-state index contributed by atoms with van der Waals surface area (Å²) in [6.07, 6.45) is 0. The van der Waals surface area contributed by atoms with Gasteiger partial charge in [-0.2, -0.15) is 0 Å². The van der Waals surface area contributed by atoms with Gasteiger partial charge in [-0.15, -0.1) is 0 Å². The Hall–Kier alpha value is -3.74. The van der Waals surface area contributed by atoms with Gasteiger partial charge in [-0.25, -0.2) is 4.39 Å². The number of anilines is 2. The first-order valence-corrected chi connectivity index (χ1v) is 10.5. The molecular weight excluding hydrogens is 411 g/mol. The van der Waals surface area contributed by atoms with Gasteiger partial charge in [-0.05, 0) is 66.6 Å². The van der Waals surface area contributed by atoms with Crippen LogP contribution in [0.15, 0.2) is 66.7 Å². The molecule has 0 radical (unpaired) electrons. The second-order valence-electron chi connectivity index (χ2n) is 7.38. The van der Waals surface area contributed by atoms with E-state index < -0.39 is 0 Å². The molecule has 4 rings (SSSR count). The molecule has 6 nitrogen and oxygen atoms in total. The molecule has 0 bridgehead atoms. The predicted octanol–water partition coefficient (Wildman–Crippen LogP) is 4.74. The van der Waals surface area contributed by atoms with Gasteiger partial charge in [0.25, 0.3) is 0 Å². The van der Waals surface area contributed by atoms with Crippen LogP contribution in [0.1, 0.15) is 18.1 Å². The van der Waals surface area contributed by atoms with Crippen LogP contribution in [0.3, 0.4) is 0 Å². The van der Waals surface area contributed by atoms with Crippen molar-refractivity contribution in [2.75, 3.05) is 30.2 Å². The lowest BCUT2D eigenvalue weighted by Crippen LogP contribution is -2.22. The van der Waals surface area contributed by atoms with E-state index in [0.717, 1.165) is 34.0 Å². The van der Waals surface area contributed by atoms with Crippen molar-refractivity contribution in [3.05, 3.63) is 83.7 Å². The summed E-state index contributed by atoms with van der Waals surface area (Å²) in [6, 6.07) is 20.2. The molecule has 0 aliphatic carbocycles. The number of rotatable bonds is 9. The average Bonchev–Trinajstić information content (AvgIpc) is 3.27. The summed E-state index contributed by atoms with van der Waals surface area (Å²) in [4.78, 5) is 13.7. The van der Waals surface area contributed by atoms with Crippen LogP contribution < -0.4 is 19.7 Å². The van der Waals surface area contributed by atoms with Crippen molar-refractivity contribution in [2.24, 2.45) is 0 Å². The standard InChI is InChI=1S/C25H25FN2O4/c1-2-30-25(29)14-27-21-8-3-18(4-9-21)15-28(22-10-6-20(26)7-11-22)16-19-5-12-23-24(13-19)32-17-31-23/h3-13,27H,2,14-17H2,1H3. The molecule has 3 aromatic carbocycles. The van der Waals surface area contributed by atoms with Crippen LogP contribution in [0.25, 0.3) is 0 Å². The molecule has 166 valence electrons. The Morgan fingerprint density at radius 2 is 1.66 bits per heavy atom. The maximum atomic E-state index is 13.5. The highest BCUT2D eigenvalue weighted by Gasteiger charge is 2.15. The summed E-state index contributed by atoms with van der Waals surface area (Å²) >= 11 is 0. The number of ether oxygens (including phenoxy) is 3. The zero-order valence-corrected chi connectivity index (χ0v) is 17.8. The Bertz CT molecular complexity index is 1050. The van der Waals surface area contributed by atoms with E-state index >= 15 is 0 Å². The second-order valence-corrected chi connectivity index (χ2v) is 7.38. The van der Waals surface area contributed by atoms with Crippen LogP contribution in [0.4, 0.5) is 15.8 Å². The number of carbonyl (C=O) groups excluding carboxylic acids is 1. The fourth-order valence-electron chi connectivity index (χ4n) is 3.48. The normalized spacial score (nSPS) is 11.8. The summed E-state index contributed by atoms with van der Waals surface area (Å²) in [5, 5.41) is 3.06. The van der Waals surface area contributed by atoms with E-state index in [1.807, 2.05) is 42.5 Å². The van der Waals surface area contributed by atoms with E-state index in [1.165, 1.54) is 12.1 Å². The third-order valence-electron chi connectivity index (χ3n) is 5.07. The van der Waals surface area contributed by atoms with Crippen molar-refractivity contribution < 1.29 is 23.4 Å². The van der Waals surface area contributed by atoms with Crippen LogP contribution >= 0.6 is 0 Å². The molecule has 0 saturated heterocycles. The Kier molecular flexibility index (Phi) is 6.75. The van der Waals surface area contributed by atoms with Gasteiger partial charge in [-0.1, -0.05) is 18.2 Å². The van der Waals surface area contributed by atoms with E-state index in [9.17, 15) is 9.18 Å². The average molecular weight is 436 g/mol. The van der Waals surface area contributed by atoms with Crippen LogP contribution in [0.2, 0.25) is 0 Å². The molecule has 0 saturated carbocycles.